The lowest BCUT2D eigenvalue weighted by Crippen LogP contribution is -1.93. The zero-order valence-electron chi connectivity index (χ0n) is 5.63. The minimum absolute atomic E-state index is 0.646. The Hall–Kier alpha value is -0.350. The molecule has 0 aliphatic carbocycles. The van der Waals surface area contributed by atoms with Crippen LogP contribution in [0.2, 0.25) is 0 Å². The van der Waals surface area contributed by atoms with Gasteiger partial charge in [-0.05, 0) is 15.9 Å². The second-order valence-electron chi connectivity index (χ2n) is 1.80. The maximum Gasteiger partial charge on any atom is 0.198 e. The summed E-state index contributed by atoms with van der Waals surface area (Å²) < 4.78 is 10.6. The van der Waals surface area contributed by atoms with E-state index in [1.54, 1.807) is 13.3 Å². The van der Waals surface area contributed by atoms with Gasteiger partial charge in [-0.3, -0.25) is 0 Å². The van der Waals surface area contributed by atoms with Crippen molar-refractivity contribution in [2.45, 2.75) is 6.42 Å². The molecule has 0 radical (unpaired) electrons. The molecular formula is C6H8BrNO2. The molecule has 0 aromatic carbocycles. The summed E-state index contributed by atoms with van der Waals surface area (Å²) in [5.74, 6) is 0.703. The van der Waals surface area contributed by atoms with E-state index in [4.69, 9.17) is 9.15 Å². The minimum atomic E-state index is 0.646. The zero-order chi connectivity index (χ0) is 7.40. The van der Waals surface area contributed by atoms with Gasteiger partial charge in [0.1, 0.15) is 0 Å². The molecule has 1 rings (SSSR count). The normalized spacial score (nSPS) is 10.2. The second-order valence-corrected chi connectivity index (χ2v) is 2.58. The average Bonchev–Trinajstić information content (AvgIpc) is 2.31. The first kappa shape index (κ1) is 7.75. The second kappa shape index (κ2) is 3.73. The summed E-state index contributed by atoms with van der Waals surface area (Å²) >= 11 is 3.15. The Morgan fingerprint density at radius 1 is 1.80 bits per heavy atom. The van der Waals surface area contributed by atoms with Crippen LogP contribution >= 0.6 is 15.9 Å². The monoisotopic (exact) mass is 205 g/mol. The SMILES string of the molecule is COCCc1ncc(Br)o1. The number of ether oxygens (including phenoxy) is 1. The maximum absolute atomic E-state index is 5.11. The largest absolute Gasteiger partial charge is 0.434 e. The highest BCUT2D eigenvalue weighted by atomic mass is 79.9. The van der Waals surface area contributed by atoms with E-state index in [9.17, 15) is 0 Å². The number of rotatable bonds is 3. The van der Waals surface area contributed by atoms with Crippen LogP contribution in [0, 0.1) is 0 Å². The van der Waals surface area contributed by atoms with Gasteiger partial charge in [0.15, 0.2) is 10.6 Å². The molecule has 1 aromatic rings. The molecule has 10 heavy (non-hydrogen) atoms. The van der Waals surface area contributed by atoms with Gasteiger partial charge >= 0.3 is 0 Å². The predicted octanol–water partition coefficient (Wildman–Crippen LogP) is 1.63. The quantitative estimate of drug-likeness (QED) is 0.753. The first-order chi connectivity index (χ1) is 4.83. The number of hydrogen-bond donors (Lipinski definition) is 0. The van der Waals surface area contributed by atoms with Crippen molar-refractivity contribution in [1.82, 2.24) is 4.98 Å². The van der Waals surface area contributed by atoms with Crippen LogP contribution < -0.4 is 0 Å². The number of oxazole rings is 1. The predicted molar refractivity (Wildman–Crippen MR) is 39.8 cm³/mol. The summed E-state index contributed by atoms with van der Waals surface area (Å²) in [7, 11) is 1.65. The van der Waals surface area contributed by atoms with Crippen LogP contribution in [0.5, 0.6) is 0 Å². The van der Waals surface area contributed by atoms with Crippen molar-refractivity contribution >= 4 is 15.9 Å². The Balaban J connectivity index is 2.42. The van der Waals surface area contributed by atoms with Crippen molar-refractivity contribution in [3.05, 3.63) is 16.8 Å². The van der Waals surface area contributed by atoms with Gasteiger partial charge in [-0.1, -0.05) is 0 Å². The molecule has 1 aromatic heterocycles. The molecule has 3 nitrogen and oxygen atoms in total. The lowest BCUT2D eigenvalue weighted by molar-refractivity contribution is 0.194. The molecule has 0 bridgehead atoms. The molecule has 0 saturated heterocycles. The van der Waals surface area contributed by atoms with E-state index in [0.717, 1.165) is 6.42 Å². The minimum Gasteiger partial charge on any atom is -0.434 e. The smallest absolute Gasteiger partial charge is 0.198 e. The molecule has 0 saturated carbocycles. The van der Waals surface area contributed by atoms with Gasteiger partial charge < -0.3 is 9.15 Å². The van der Waals surface area contributed by atoms with Crippen LogP contribution in [-0.4, -0.2) is 18.7 Å². The topological polar surface area (TPSA) is 35.3 Å². The number of hydrogen-bond acceptors (Lipinski definition) is 3. The Morgan fingerprint density at radius 2 is 2.60 bits per heavy atom. The lowest BCUT2D eigenvalue weighted by atomic mass is 10.5. The van der Waals surface area contributed by atoms with Gasteiger partial charge in [-0.2, -0.15) is 0 Å². The number of aromatic nitrogens is 1. The molecule has 0 aliphatic heterocycles. The molecule has 0 unspecified atom stereocenters. The van der Waals surface area contributed by atoms with Crippen LogP contribution in [0.15, 0.2) is 15.3 Å². The van der Waals surface area contributed by atoms with E-state index in [-0.39, 0.29) is 0 Å². The number of halogens is 1. The summed E-state index contributed by atoms with van der Waals surface area (Å²) in [5, 5.41) is 0. The van der Waals surface area contributed by atoms with Crippen LogP contribution in [0.1, 0.15) is 5.89 Å². The standard InChI is InChI=1S/C6H8BrNO2/c1-9-3-2-6-8-4-5(7)10-6/h4H,2-3H2,1H3. The third-order valence-corrected chi connectivity index (χ3v) is 1.41. The van der Waals surface area contributed by atoms with E-state index < -0.39 is 0 Å². The fourth-order valence-electron chi connectivity index (χ4n) is 0.593. The molecule has 0 N–H and O–H groups in total. The fourth-order valence-corrected chi connectivity index (χ4v) is 0.882. The Kier molecular flexibility index (Phi) is 2.89. The number of nitrogens with zero attached hydrogens (tertiary/aromatic N) is 1. The fraction of sp³-hybridized carbons (Fsp3) is 0.500. The van der Waals surface area contributed by atoms with E-state index >= 15 is 0 Å². The Labute approximate surface area is 67.5 Å². The molecule has 0 amide bonds. The van der Waals surface area contributed by atoms with Gasteiger partial charge in [0, 0.05) is 13.5 Å². The molecule has 1 heterocycles. The van der Waals surface area contributed by atoms with Crippen molar-refractivity contribution in [1.29, 1.82) is 0 Å². The lowest BCUT2D eigenvalue weighted by Gasteiger charge is -1.91. The van der Waals surface area contributed by atoms with E-state index in [1.807, 2.05) is 0 Å². The summed E-state index contributed by atoms with van der Waals surface area (Å²) in [4.78, 5) is 3.96. The molecular weight excluding hydrogens is 198 g/mol. The van der Waals surface area contributed by atoms with Crippen LogP contribution in [0.25, 0.3) is 0 Å². The zero-order valence-corrected chi connectivity index (χ0v) is 7.22. The highest BCUT2D eigenvalue weighted by molar-refractivity contribution is 9.10. The third-order valence-electron chi connectivity index (χ3n) is 1.05. The van der Waals surface area contributed by atoms with Gasteiger partial charge in [0.05, 0.1) is 12.8 Å². The maximum atomic E-state index is 5.11. The molecule has 0 fully saturated rings. The van der Waals surface area contributed by atoms with E-state index in [2.05, 4.69) is 20.9 Å². The molecule has 0 atom stereocenters. The van der Waals surface area contributed by atoms with Crippen LogP contribution in [0.3, 0.4) is 0 Å². The third kappa shape index (κ3) is 2.11. The highest BCUT2D eigenvalue weighted by Crippen LogP contribution is 2.10. The van der Waals surface area contributed by atoms with Crippen molar-refractivity contribution in [3.8, 4) is 0 Å². The summed E-state index contributed by atoms with van der Waals surface area (Å²) in [6.07, 6.45) is 2.35. The van der Waals surface area contributed by atoms with Gasteiger partial charge in [-0.15, -0.1) is 0 Å². The van der Waals surface area contributed by atoms with Crippen LogP contribution in [0.4, 0.5) is 0 Å². The molecule has 0 spiro atoms. The Morgan fingerprint density at radius 3 is 3.10 bits per heavy atom. The highest BCUT2D eigenvalue weighted by Gasteiger charge is 1.98. The van der Waals surface area contributed by atoms with Gasteiger partial charge in [0.25, 0.3) is 0 Å². The first-order valence-electron chi connectivity index (χ1n) is 2.92. The number of methoxy groups -OCH3 is 1. The summed E-state index contributed by atoms with van der Waals surface area (Å²) in [6.45, 7) is 0.646. The molecule has 0 aliphatic rings. The average molecular weight is 206 g/mol. The van der Waals surface area contributed by atoms with Crippen molar-refractivity contribution in [2.75, 3.05) is 13.7 Å². The van der Waals surface area contributed by atoms with E-state index in [1.165, 1.54) is 0 Å². The van der Waals surface area contributed by atoms with Gasteiger partial charge in [0.2, 0.25) is 0 Å². The van der Waals surface area contributed by atoms with E-state index in [0.29, 0.717) is 17.2 Å². The van der Waals surface area contributed by atoms with Crippen LogP contribution in [-0.2, 0) is 11.2 Å². The summed E-state index contributed by atoms with van der Waals surface area (Å²) in [6, 6.07) is 0. The molecule has 4 heteroatoms. The first-order valence-corrected chi connectivity index (χ1v) is 3.71. The molecule has 56 valence electrons. The van der Waals surface area contributed by atoms with Crippen molar-refractivity contribution in [3.63, 3.8) is 0 Å². The van der Waals surface area contributed by atoms with Crippen molar-refractivity contribution in [2.24, 2.45) is 0 Å². The van der Waals surface area contributed by atoms with Crippen molar-refractivity contribution < 1.29 is 9.15 Å². The Bertz CT molecular complexity index is 199. The van der Waals surface area contributed by atoms with Gasteiger partial charge in [-0.25, -0.2) is 4.98 Å². The summed E-state index contributed by atoms with van der Waals surface area (Å²) in [5.41, 5.74) is 0.